The van der Waals surface area contributed by atoms with Crippen molar-refractivity contribution in [3.05, 3.63) is 29.8 Å². The Morgan fingerprint density at radius 2 is 1.72 bits per heavy atom. The Hall–Kier alpha value is -3.71. The lowest BCUT2D eigenvalue weighted by molar-refractivity contribution is -0.156. The minimum Gasteiger partial charge on any atom is -0.457 e. The summed E-state index contributed by atoms with van der Waals surface area (Å²) in [6, 6.07) is 5.25. The van der Waals surface area contributed by atoms with Crippen molar-refractivity contribution in [1.82, 2.24) is 26.6 Å². The topological polar surface area (TPSA) is 200 Å². The third-order valence-electron chi connectivity index (χ3n) is 8.84. The maximum absolute atomic E-state index is 13.6. The fourth-order valence-corrected chi connectivity index (χ4v) is 5.35. The van der Waals surface area contributed by atoms with Crippen LogP contribution in [0.4, 0.5) is 0 Å². The highest BCUT2D eigenvalue weighted by atomic mass is 16.7. The molecule has 1 aromatic carbocycles. The molecule has 256 valence electrons. The van der Waals surface area contributed by atoms with E-state index in [1.807, 2.05) is 13.8 Å². The van der Waals surface area contributed by atoms with E-state index in [1.54, 1.807) is 24.3 Å². The number of carbonyl (C=O) groups excluding carboxylic acids is 5. The summed E-state index contributed by atoms with van der Waals surface area (Å²) >= 11 is 0. The standard InChI is InChI=1S/C33H52N6O7/c1-4-6-7-8-27(40)38-26(19-23-9-11-25(12-10-23)45-21-46-31(43)24-13-16-35-17-14-24)29(41)39-28(22(3)5-2)30(42)36-18-15-33(20-37-33)32(34)44/h9-12,22,24,26,28,35,37H,4-8,13-21H2,1-3H3,(H2,34,44)(H,36,42)(H,38,40)(H,39,41). The molecule has 2 aliphatic rings. The molecule has 0 bridgehead atoms. The molecule has 4 atom stereocenters. The monoisotopic (exact) mass is 644 g/mol. The van der Waals surface area contributed by atoms with Crippen molar-refractivity contribution in [3.63, 3.8) is 0 Å². The third-order valence-corrected chi connectivity index (χ3v) is 8.84. The summed E-state index contributed by atoms with van der Waals surface area (Å²) in [4.78, 5) is 63.5. The summed E-state index contributed by atoms with van der Waals surface area (Å²) in [5.74, 6) is -1.59. The van der Waals surface area contributed by atoms with Gasteiger partial charge in [-0.3, -0.25) is 29.3 Å². The van der Waals surface area contributed by atoms with E-state index in [0.717, 1.165) is 44.3 Å². The molecule has 4 amide bonds. The van der Waals surface area contributed by atoms with Gasteiger partial charge in [-0.1, -0.05) is 52.2 Å². The van der Waals surface area contributed by atoms with Crippen LogP contribution in [-0.4, -0.2) is 80.2 Å². The molecule has 13 heteroatoms. The van der Waals surface area contributed by atoms with E-state index in [2.05, 4.69) is 33.5 Å². The zero-order valence-corrected chi connectivity index (χ0v) is 27.5. The summed E-state index contributed by atoms with van der Waals surface area (Å²) in [6.07, 6.45) is 5.55. The average Bonchev–Trinajstić information content (AvgIpc) is 3.85. The maximum Gasteiger partial charge on any atom is 0.311 e. The first-order chi connectivity index (χ1) is 22.1. The molecule has 2 aliphatic heterocycles. The van der Waals surface area contributed by atoms with Gasteiger partial charge < -0.3 is 36.5 Å². The number of primary amides is 1. The largest absolute Gasteiger partial charge is 0.457 e. The number of carbonyl (C=O) groups is 5. The van der Waals surface area contributed by atoms with E-state index in [-0.39, 0.29) is 49.4 Å². The second-order valence-corrected chi connectivity index (χ2v) is 12.4. The highest BCUT2D eigenvalue weighted by molar-refractivity contribution is 5.92. The van der Waals surface area contributed by atoms with Gasteiger partial charge in [-0.25, -0.2) is 0 Å². The van der Waals surface area contributed by atoms with Crippen molar-refractivity contribution in [2.75, 3.05) is 33.0 Å². The molecule has 13 nitrogen and oxygen atoms in total. The molecule has 0 saturated carbocycles. The Kier molecular flexibility index (Phi) is 14.7. The number of benzene rings is 1. The van der Waals surface area contributed by atoms with Crippen LogP contribution >= 0.6 is 0 Å². The number of ether oxygens (including phenoxy) is 2. The smallest absolute Gasteiger partial charge is 0.311 e. The number of hydrogen-bond acceptors (Lipinski definition) is 9. The Labute approximate surface area is 271 Å². The van der Waals surface area contributed by atoms with Crippen LogP contribution in [0.1, 0.15) is 77.7 Å². The van der Waals surface area contributed by atoms with E-state index in [4.69, 9.17) is 15.2 Å². The van der Waals surface area contributed by atoms with Gasteiger partial charge in [0.2, 0.25) is 30.4 Å². The molecule has 0 aromatic heterocycles. The summed E-state index contributed by atoms with van der Waals surface area (Å²) in [5, 5.41) is 14.7. The molecule has 2 heterocycles. The van der Waals surface area contributed by atoms with Crippen molar-refractivity contribution in [1.29, 1.82) is 0 Å². The first-order valence-corrected chi connectivity index (χ1v) is 16.6. The molecule has 2 saturated heterocycles. The van der Waals surface area contributed by atoms with Gasteiger partial charge in [0, 0.05) is 25.9 Å². The van der Waals surface area contributed by atoms with Gasteiger partial charge >= 0.3 is 5.97 Å². The summed E-state index contributed by atoms with van der Waals surface area (Å²) in [6.45, 7) is 7.95. The van der Waals surface area contributed by atoms with E-state index in [9.17, 15) is 24.0 Å². The molecule has 0 spiro atoms. The number of unbranched alkanes of at least 4 members (excludes halogenated alkanes) is 2. The van der Waals surface area contributed by atoms with E-state index < -0.39 is 29.4 Å². The van der Waals surface area contributed by atoms with E-state index in [1.165, 1.54) is 0 Å². The van der Waals surface area contributed by atoms with Gasteiger partial charge in [-0.15, -0.1) is 0 Å². The second-order valence-electron chi connectivity index (χ2n) is 12.4. The number of amides is 4. The predicted octanol–water partition coefficient (Wildman–Crippen LogP) is 1.04. The van der Waals surface area contributed by atoms with E-state index >= 15 is 0 Å². The minimum absolute atomic E-state index is 0.118. The maximum atomic E-state index is 13.6. The van der Waals surface area contributed by atoms with Crippen LogP contribution in [0.15, 0.2) is 24.3 Å². The Balaban J connectivity index is 1.61. The normalized spacial score (nSPS) is 19.6. The number of piperidine rings is 1. The van der Waals surface area contributed by atoms with E-state index in [0.29, 0.717) is 38.0 Å². The highest BCUT2D eigenvalue weighted by Crippen LogP contribution is 2.20. The van der Waals surface area contributed by atoms with Crippen LogP contribution in [-0.2, 0) is 35.1 Å². The molecule has 0 radical (unpaired) electrons. The van der Waals surface area contributed by atoms with Gasteiger partial charge in [-0.2, -0.15) is 0 Å². The van der Waals surface area contributed by atoms with Gasteiger partial charge in [-0.05, 0) is 62.4 Å². The van der Waals surface area contributed by atoms with Crippen molar-refractivity contribution in [2.24, 2.45) is 17.6 Å². The number of nitrogens with two attached hydrogens (primary N) is 1. The lowest BCUT2D eigenvalue weighted by atomic mass is 9.96. The quantitative estimate of drug-likeness (QED) is 0.0519. The Morgan fingerprint density at radius 1 is 1.02 bits per heavy atom. The molecule has 3 rings (SSSR count). The first kappa shape index (κ1) is 36.8. The third kappa shape index (κ3) is 11.6. The van der Waals surface area contributed by atoms with Crippen molar-refractivity contribution in [3.8, 4) is 5.75 Å². The van der Waals surface area contributed by atoms with Crippen LogP contribution < -0.4 is 37.1 Å². The van der Waals surface area contributed by atoms with Gasteiger partial charge in [0.1, 0.15) is 23.4 Å². The van der Waals surface area contributed by atoms with Gasteiger partial charge in [0.25, 0.3) is 0 Å². The zero-order valence-electron chi connectivity index (χ0n) is 27.5. The Morgan fingerprint density at radius 3 is 2.33 bits per heavy atom. The fraction of sp³-hybridized carbons (Fsp3) is 0.667. The number of nitrogens with one attached hydrogen (secondary N) is 5. The second kappa shape index (κ2) is 18.4. The van der Waals surface area contributed by atoms with Gasteiger partial charge in [0.05, 0.1) is 5.92 Å². The van der Waals surface area contributed by atoms with Crippen LogP contribution in [0, 0.1) is 11.8 Å². The number of rotatable bonds is 20. The van der Waals surface area contributed by atoms with Crippen LogP contribution in [0.5, 0.6) is 5.75 Å². The number of esters is 1. The van der Waals surface area contributed by atoms with Crippen LogP contribution in [0.3, 0.4) is 0 Å². The first-order valence-electron chi connectivity index (χ1n) is 16.6. The van der Waals surface area contributed by atoms with Crippen molar-refractivity contribution < 1.29 is 33.4 Å². The molecule has 0 aliphatic carbocycles. The summed E-state index contributed by atoms with van der Waals surface area (Å²) in [7, 11) is 0. The highest BCUT2D eigenvalue weighted by Gasteiger charge is 2.47. The molecule has 2 fully saturated rings. The molecule has 4 unspecified atom stereocenters. The Bertz CT molecular complexity index is 1170. The predicted molar refractivity (Wildman–Crippen MR) is 172 cm³/mol. The van der Waals surface area contributed by atoms with Crippen LogP contribution in [0.25, 0.3) is 0 Å². The SMILES string of the molecule is CCCCCC(=O)NC(Cc1ccc(OCOC(=O)C2CCNCC2)cc1)C(=O)NC(C(=O)NCCC1(C(N)=O)CN1)C(C)CC. The zero-order chi connectivity index (χ0) is 33.5. The van der Waals surface area contributed by atoms with Crippen molar-refractivity contribution >= 4 is 29.6 Å². The molecule has 46 heavy (non-hydrogen) atoms. The van der Waals surface area contributed by atoms with Gasteiger partial charge in [0.15, 0.2) is 0 Å². The van der Waals surface area contributed by atoms with Crippen LogP contribution in [0.2, 0.25) is 0 Å². The molecule has 7 N–H and O–H groups in total. The lowest BCUT2D eigenvalue weighted by Crippen LogP contribution is -2.56. The number of hydrogen-bond donors (Lipinski definition) is 6. The lowest BCUT2D eigenvalue weighted by Gasteiger charge is -2.27. The molecular weight excluding hydrogens is 592 g/mol. The summed E-state index contributed by atoms with van der Waals surface area (Å²) in [5.41, 5.74) is 5.44. The minimum atomic E-state index is -0.917. The molecule has 1 aromatic rings. The molecular formula is C33H52N6O7. The fourth-order valence-electron chi connectivity index (χ4n) is 5.35. The average molecular weight is 645 g/mol. The van der Waals surface area contributed by atoms with Crippen molar-refractivity contribution in [2.45, 2.75) is 96.2 Å². The summed E-state index contributed by atoms with van der Waals surface area (Å²) < 4.78 is 10.9.